The van der Waals surface area contributed by atoms with Crippen LogP contribution in [0.2, 0.25) is 0 Å². The zero-order valence-electron chi connectivity index (χ0n) is 15.4. The van der Waals surface area contributed by atoms with Gasteiger partial charge in [-0.1, -0.05) is 12.1 Å². The van der Waals surface area contributed by atoms with E-state index in [0.717, 1.165) is 24.1 Å². The van der Waals surface area contributed by atoms with Crippen LogP contribution in [0.1, 0.15) is 30.3 Å². The Morgan fingerprint density at radius 1 is 1.19 bits per heavy atom. The van der Waals surface area contributed by atoms with E-state index in [2.05, 4.69) is 10.1 Å². The summed E-state index contributed by atoms with van der Waals surface area (Å²) in [5, 5.41) is 4.45. The minimum absolute atomic E-state index is 0.132. The van der Waals surface area contributed by atoms with E-state index < -0.39 is 10.0 Å². The SMILES string of the molecule is Cc1nc(-c2ccc(S(=O)(=O)N3CCCC(c4ccn(C)n4)C3)cc2)co1. The van der Waals surface area contributed by atoms with Gasteiger partial charge in [0, 0.05) is 44.7 Å². The number of sulfonamides is 1. The van der Waals surface area contributed by atoms with Crippen molar-refractivity contribution in [1.29, 1.82) is 0 Å². The molecule has 1 aliphatic rings. The Morgan fingerprint density at radius 2 is 1.96 bits per heavy atom. The first-order valence-corrected chi connectivity index (χ1v) is 10.4. The number of oxazole rings is 1. The Labute approximate surface area is 158 Å². The van der Waals surface area contributed by atoms with Gasteiger partial charge in [-0.2, -0.15) is 9.40 Å². The lowest BCUT2D eigenvalue weighted by Crippen LogP contribution is -2.39. The van der Waals surface area contributed by atoms with Crippen LogP contribution >= 0.6 is 0 Å². The van der Waals surface area contributed by atoms with Gasteiger partial charge >= 0.3 is 0 Å². The third-order valence-electron chi connectivity index (χ3n) is 4.94. The number of benzene rings is 1. The van der Waals surface area contributed by atoms with E-state index >= 15 is 0 Å². The van der Waals surface area contributed by atoms with E-state index in [1.54, 1.807) is 46.4 Å². The molecule has 0 spiro atoms. The van der Waals surface area contributed by atoms with Gasteiger partial charge in [-0.25, -0.2) is 13.4 Å². The van der Waals surface area contributed by atoms with Crippen LogP contribution in [0.15, 0.2) is 52.1 Å². The van der Waals surface area contributed by atoms with Crippen molar-refractivity contribution >= 4 is 10.0 Å². The number of piperidine rings is 1. The molecule has 0 saturated carbocycles. The molecule has 1 unspecified atom stereocenters. The van der Waals surface area contributed by atoms with Gasteiger partial charge in [0.25, 0.3) is 0 Å². The fourth-order valence-corrected chi connectivity index (χ4v) is 5.02. The fourth-order valence-electron chi connectivity index (χ4n) is 3.50. The maximum Gasteiger partial charge on any atom is 0.243 e. The van der Waals surface area contributed by atoms with Gasteiger partial charge in [0.05, 0.1) is 10.6 Å². The number of hydrogen-bond acceptors (Lipinski definition) is 5. The molecule has 27 heavy (non-hydrogen) atoms. The van der Waals surface area contributed by atoms with Crippen molar-refractivity contribution in [2.24, 2.45) is 7.05 Å². The lowest BCUT2D eigenvalue weighted by Gasteiger charge is -2.31. The third-order valence-corrected chi connectivity index (χ3v) is 6.82. The van der Waals surface area contributed by atoms with E-state index in [4.69, 9.17) is 4.42 Å². The number of hydrogen-bond donors (Lipinski definition) is 0. The van der Waals surface area contributed by atoms with Gasteiger partial charge < -0.3 is 4.42 Å². The molecule has 3 heterocycles. The quantitative estimate of drug-likeness (QED) is 0.689. The van der Waals surface area contributed by atoms with Crippen molar-refractivity contribution in [2.75, 3.05) is 13.1 Å². The second kappa shape index (κ2) is 6.94. The first-order valence-electron chi connectivity index (χ1n) is 8.96. The summed E-state index contributed by atoms with van der Waals surface area (Å²) < 4.78 is 34.7. The summed E-state index contributed by atoms with van der Waals surface area (Å²) >= 11 is 0. The molecule has 1 saturated heterocycles. The highest BCUT2D eigenvalue weighted by Crippen LogP contribution is 2.30. The molecule has 0 bridgehead atoms. The largest absolute Gasteiger partial charge is 0.449 e. The standard InChI is InChI=1S/C19H22N4O3S/c1-14-20-19(13-26-14)15-5-7-17(8-6-15)27(24,25)23-10-3-4-16(12-23)18-9-11-22(2)21-18/h5-9,11,13,16H,3-4,10,12H2,1-2H3. The molecule has 3 aromatic rings. The topological polar surface area (TPSA) is 81.2 Å². The summed E-state index contributed by atoms with van der Waals surface area (Å²) in [6, 6.07) is 8.78. The highest BCUT2D eigenvalue weighted by molar-refractivity contribution is 7.89. The lowest BCUT2D eigenvalue weighted by atomic mass is 9.96. The highest BCUT2D eigenvalue weighted by Gasteiger charge is 2.31. The normalized spacial score (nSPS) is 18.7. The van der Waals surface area contributed by atoms with Gasteiger partial charge in [-0.3, -0.25) is 4.68 Å². The van der Waals surface area contributed by atoms with Gasteiger partial charge in [0.2, 0.25) is 10.0 Å². The van der Waals surface area contributed by atoms with Crippen molar-refractivity contribution in [2.45, 2.75) is 30.6 Å². The first-order chi connectivity index (χ1) is 12.9. The third kappa shape index (κ3) is 3.54. The lowest BCUT2D eigenvalue weighted by molar-refractivity contribution is 0.312. The molecule has 4 rings (SSSR count). The molecule has 2 aromatic heterocycles. The Hall–Kier alpha value is -2.45. The van der Waals surface area contributed by atoms with Crippen LogP contribution in [0.3, 0.4) is 0 Å². The Balaban J connectivity index is 1.55. The molecule has 0 amide bonds. The Kier molecular flexibility index (Phi) is 4.61. The summed E-state index contributed by atoms with van der Waals surface area (Å²) in [7, 11) is -1.66. The molecule has 7 nitrogen and oxygen atoms in total. The van der Waals surface area contributed by atoms with Crippen LogP contribution in [0, 0.1) is 6.92 Å². The van der Waals surface area contributed by atoms with Crippen LogP contribution in [0.5, 0.6) is 0 Å². The summed E-state index contributed by atoms with van der Waals surface area (Å²) in [4.78, 5) is 4.57. The number of aromatic nitrogens is 3. The number of rotatable bonds is 4. The van der Waals surface area contributed by atoms with Gasteiger partial charge in [0.1, 0.15) is 12.0 Å². The van der Waals surface area contributed by atoms with Crippen LogP contribution in [-0.4, -0.2) is 40.6 Å². The molecule has 1 fully saturated rings. The average molecular weight is 386 g/mol. The number of nitrogens with zero attached hydrogens (tertiary/aromatic N) is 4. The molecule has 1 atom stereocenters. The zero-order chi connectivity index (χ0) is 19.0. The minimum atomic E-state index is -3.53. The van der Waals surface area contributed by atoms with Gasteiger partial charge in [0.15, 0.2) is 5.89 Å². The first kappa shape index (κ1) is 17.9. The molecule has 0 aliphatic carbocycles. The Morgan fingerprint density at radius 3 is 2.59 bits per heavy atom. The maximum atomic E-state index is 13.1. The van der Waals surface area contributed by atoms with Crippen molar-refractivity contribution < 1.29 is 12.8 Å². The fraction of sp³-hybridized carbons (Fsp3) is 0.368. The predicted octanol–water partition coefficient (Wildman–Crippen LogP) is 2.95. The molecule has 8 heteroatoms. The Bertz CT molecular complexity index is 1040. The summed E-state index contributed by atoms with van der Waals surface area (Å²) in [6.45, 7) is 2.77. The molecule has 1 aliphatic heterocycles. The minimum Gasteiger partial charge on any atom is -0.449 e. The monoisotopic (exact) mass is 386 g/mol. The molecule has 0 N–H and O–H groups in total. The van der Waals surface area contributed by atoms with E-state index in [9.17, 15) is 8.42 Å². The van der Waals surface area contributed by atoms with E-state index in [0.29, 0.717) is 29.6 Å². The number of aryl methyl sites for hydroxylation is 2. The van der Waals surface area contributed by atoms with Crippen LogP contribution in [0.4, 0.5) is 0 Å². The second-order valence-corrected chi connectivity index (χ2v) is 8.83. The molecule has 1 aromatic carbocycles. The maximum absolute atomic E-state index is 13.1. The molecular weight excluding hydrogens is 364 g/mol. The zero-order valence-corrected chi connectivity index (χ0v) is 16.2. The van der Waals surface area contributed by atoms with Crippen molar-refractivity contribution in [3.8, 4) is 11.3 Å². The summed E-state index contributed by atoms with van der Waals surface area (Å²) in [5.74, 6) is 0.711. The van der Waals surface area contributed by atoms with E-state index in [-0.39, 0.29) is 5.92 Å². The van der Waals surface area contributed by atoms with Crippen molar-refractivity contribution in [3.05, 3.63) is 54.4 Å². The highest BCUT2D eigenvalue weighted by atomic mass is 32.2. The second-order valence-electron chi connectivity index (χ2n) is 6.89. The molecule has 0 radical (unpaired) electrons. The summed E-state index contributed by atoms with van der Waals surface area (Å²) in [5.41, 5.74) is 2.48. The molecule has 142 valence electrons. The average Bonchev–Trinajstić information content (AvgIpc) is 3.30. The van der Waals surface area contributed by atoms with E-state index in [1.165, 1.54) is 0 Å². The van der Waals surface area contributed by atoms with E-state index in [1.807, 2.05) is 19.3 Å². The summed E-state index contributed by atoms with van der Waals surface area (Å²) in [6.07, 6.45) is 5.25. The van der Waals surface area contributed by atoms with Crippen molar-refractivity contribution in [3.63, 3.8) is 0 Å². The smallest absolute Gasteiger partial charge is 0.243 e. The van der Waals surface area contributed by atoms with Crippen molar-refractivity contribution in [1.82, 2.24) is 19.1 Å². The predicted molar refractivity (Wildman–Crippen MR) is 101 cm³/mol. The van der Waals surface area contributed by atoms with Crippen LogP contribution in [0.25, 0.3) is 11.3 Å². The van der Waals surface area contributed by atoms with Gasteiger partial charge in [-0.05, 0) is 31.0 Å². The van der Waals surface area contributed by atoms with Gasteiger partial charge in [-0.15, -0.1) is 0 Å². The molecular formula is C19H22N4O3S. The van der Waals surface area contributed by atoms with Crippen LogP contribution < -0.4 is 0 Å². The van der Waals surface area contributed by atoms with Crippen LogP contribution in [-0.2, 0) is 17.1 Å².